The second kappa shape index (κ2) is 5.03. The van der Waals surface area contributed by atoms with Crippen LogP contribution in [0, 0.1) is 0 Å². The summed E-state index contributed by atoms with van der Waals surface area (Å²) >= 11 is 1.65. The molecule has 84 valence electrons. The van der Waals surface area contributed by atoms with Crippen molar-refractivity contribution < 1.29 is 10.0 Å². The quantitative estimate of drug-likeness (QED) is 0.602. The van der Waals surface area contributed by atoms with Gasteiger partial charge >= 0.3 is 0 Å². The molecule has 1 aliphatic heterocycles. The Morgan fingerprint density at radius 2 is 2.19 bits per heavy atom. The summed E-state index contributed by atoms with van der Waals surface area (Å²) in [4.78, 5) is 11.8. The fourth-order valence-electron chi connectivity index (χ4n) is 1.53. The number of oxime groups is 1. The number of amides is 1. The average Bonchev–Trinajstić information content (AvgIpc) is 2.77. The number of rotatable bonds is 2. The van der Waals surface area contributed by atoms with Crippen LogP contribution in [-0.4, -0.2) is 34.4 Å². The highest BCUT2D eigenvalue weighted by molar-refractivity contribution is 8.00. The van der Waals surface area contributed by atoms with Crippen molar-refractivity contribution in [1.29, 1.82) is 0 Å². The first kappa shape index (κ1) is 11.0. The van der Waals surface area contributed by atoms with E-state index in [2.05, 4.69) is 10.5 Å². The minimum absolute atomic E-state index is 0.130. The van der Waals surface area contributed by atoms with Gasteiger partial charge in [0.2, 0.25) is 0 Å². The summed E-state index contributed by atoms with van der Waals surface area (Å²) < 4.78 is 0. The average molecular weight is 236 g/mol. The maximum absolute atomic E-state index is 11.8. The van der Waals surface area contributed by atoms with Gasteiger partial charge in [0, 0.05) is 17.1 Å². The molecule has 1 aromatic carbocycles. The lowest BCUT2D eigenvalue weighted by molar-refractivity contribution is 0.0949. The highest BCUT2D eigenvalue weighted by atomic mass is 32.2. The van der Waals surface area contributed by atoms with Crippen molar-refractivity contribution in [3.63, 3.8) is 0 Å². The molecule has 0 radical (unpaired) electrons. The van der Waals surface area contributed by atoms with E-state index in [9.17, 15) is 4.79 Å². The van der Waals surface area contributed by atoms with Crippen LogP contribution in [0.3, 0.4) is 0 Å². The van der Waals surface area contributed by atoms with E-state index >= 15 is 0 Å². The summed E-state index contributed by atoms with van der Waals surface area (Å²) in [6.45, 7) is 0. The molecule has 5 heteroatoms. The van der Waals surface area contributed by atoms with Crippen LogP contribution in [0.15, 0.2) is 35.5 Å². The Hall–Kier alpha value is -1.49. The molecule has 4 nitrogen and oxygen atoms in total. The number of nitrogens with zero attached hydrogens (tertiary/aromatic N) is 1. The first-order chi connectivity index (χ1) is 7.81. The van der Waals surface area contributed by atoms with Crippen LogP contribution in [0.2, 0.25) is 0 Å². The summed E-state index contributed by atoms with van der Waals surface area (Å²) in [6.07, 6.45) is 0. The highest BCUT2D eigenvalue weighted by Crippen LogP contribution is 2.15. The fraction of sp³-hybridized carbons (Fsp3) is 0.273. The lowest BCUT2D eigenvalue weighted by atomic mass is 10.2. The molecule has 1 aromatic rings. The molecule has 0 aliphatic carbocycles. The van der Waals surface area contributed by atoms with Gasteiger partial charge in [-0.25, -0.2) is 0 Å². The third-order valence-electron chi connectivity index (χ3n) is 2.41. The number of hydrogen-bond donors (Lipinski definition) is 2. The van der Waals surface area contributed by atoms with Gasteiger partial charge in [0.05, 0.1) is 11.8 Å². The maximum Gasteiger partial charge on any atom is 0.251 e. The second-order valence-electron chi connectivity index (χ2n) is 3.50. The summed E-state index contributed by atoms with van der Waals surface area (Å²) in [5.41, 5.74) is 1.26. The van der Waals surface area contributed by atoms with E-state index < -0.39 is 0 Å². The molecule has 1 heterocycles. The first-order valence-electron chi connectivity index (χ1n) is 4.95. The van der Waals surface area contributed by atoms with Crippen molar-refractivity contribution in [3.05, 3.63) is 35.9 Å². The van der Waals surface area contributed by atoms with E-state index in [4.69, 9.17) is 5.21 Å². The Morgan fingerprint density at radius 3 is 2.88 bits per heavy atom. The Kier molecular flexibility index (Phi) is 3.46. The van der Waals surface area contributed by atoms with E-state index in [0.717, 1.165) is 5.75 Å². The van der Waals surface area contributed by atoms with Crippen molar-refractivity contribution >= 4 is 23.4 Å². The summed E-state index contributed by atoms with van der Waals surface area (Å²) in [5, 5.41) is 14.8. The lowest BCUT2D eigenvalue weighted by Crippen LogP contribution is -2.40. The molecule has 1 saturated heterocycles. The molecule has 1 unspecified atom stereocenters. The molecule has 2 rings (SSSR count). The minimum Gasteiger partial charge on any atom is -0.411 e. The number of hydrogen-bond acceptors (Lipinski definition) is 4. The topological polar surface area (TPSA) is 61.7 Å². The Morgan fingerprint density at radius 1 is 1.44 bits per heavy atom. The zero-order valence-corrected chi connectivity index (χ0v) is 9.41. The molecule has 16 heavy (non-hydrogen) atoms. The van der Waals surface area contributed by atoms with Gasteiger partial charge in [0.15, 0.2) is 0 Å². The SMILES string of the molecule is O=C(NC1CSCC1=NO)c1ccccc1. The van der Waals surface area contributed by atoms with Crippen LogP contribution < -0.4 is 5.32 Å². The van der Waals surface area contributed by atoms with E-state index in [1.165, 1.54) is 0 Å². The summed E-state index contributed by atoms with van der Waals surface area (Å²) in [5.74, 6) is 1.31. The van der Waals surface area contributed by atoms with Crippen LogP contribution in [-0.2, 0) is 0 Å². The number of carbonyl (C=O) groups is 1. The molecule has 0 spiro atoms. The van der Waals surface area contributed by atoms with Gasteiger partial charge in [-0.05, 0) is 12.1 Å². The molecule has 1 amide bonds. The molecular formula is C11H12N2O2S. The summed E-state index contributed by atoms with van der Waals surface area (Å²) in [6, 6.07) is 8.87. The molecule has 1 atom stereocenters. The van der Waals surface area contributed by atoms with Gasteiger partial charge in [-0.2, -0.15) is 11.8 Å². The van der Waals surface area contributed by atoms with Crippen molar-refractivity contribution in [2.45, 2.75) is 6.04 Å². The van der Waals surface area contributed by atoms with Crippen LogP contribution in [0.25, 0.3) is 0 Å². The van der Waals surface area contributed by atoms with Gasteiger partial charge in [-0.1, -0.05) is 23.4 Å². The smallest absolute Gasteiger partial charge is 0.251 e. The normalized spacial score (nSPS) is 22.2. The van der Waals surface area contributed by atoms with Gasteiger partial charge < -0.3 is 10.5 Å². The maximum atomic E-state index is 11.8. The number of thioether (sulfide) groups is 1. The molecular weight excluding hydrogens is 224 g/mol. The van der Waals surface area contributed by atoms with E-state index in [1.807, 2.05) is 18.2 Å². The third-order valence-corrected chi connectivity index (χ3v) is 3.48. The van der Waals surface area contributed by atoms with Gasteiger partial charge in [0.25, 0.3) is 5.91 Å². The monoisotopic (exact) mass is 236 g/mol. The molecule has 2 N–H and O–H groups in total. The summed E-state index contributed by atoms with van der Waals surface area (Å²) in [7, 11) is 0. The largest absolute Gasteiger partial charge is 0.411 e. The highest BCUT2D eigenvalue weighted by Gasteiger charge is 2.25. The lowest BCUT2D eigenvalue weighted by Gasteiger charge is -2.11. The minimum atomic E-state index is -0.150. The van der Waals surface area contributed by atoms with Crippen LogP contribution in [0.4, 0.5) is 0 Å². The Balaban J connectivity index is 2.03. The molecule has 1 fully saturated rings. The predicted molar refractivity (Wildman–Crippen MR) is 64.2 cm³/mol. The molecule has 0 aromatic heterocycles. The molecule has 0 saturated carbocycles. The van der Waals surface area contributed by atoms with Crippen molar-refractivity contribution in [1.82, 2.24) is 5.32 Å². The zero-order valence-electron chi connectivity index (χ0n) is 8.59. The molecule has 0 bridgehead atoms. The van der Waals surface area contributed by atoms with Crippen LogP contribution >= 0.6 is 11.8 Å². The van der Waals surface area contributed by atoms with E-state index in [1.54, 1.807) is 23.9 Å². The Bertz CT molecular complexity index is 406. The standard InChI is InChI=1S/C11H12N2O2S/c14-11(8-4-2-1-3-5-8)12-9-6-16-7-10(9)13-15/h1-5,9,15H,6-7H2,(H,12,14). The predicted octanol–water partition coefficient (Wildman–Crippen LogP) is 1.36. The van der Waals surface area contributed by atoms with Gasteiger partial charge in [0.1, 0.15) is 0 Å². The number of carbonyl (C=O) groups excluding carboxylic acids is 1. The first-order valence-corrected chi connectivity index (χ1v) is 6.11. The zero-order chi connectivity index (χ0) is 11.4. The van der Waals surface area contributed by atoms with E-state index in [0.29, 0.717) is 17.0 Å². The third kappa shape index (κ3) is 2.36. The van der Waals surface area contributed by atoms with Crippen LogP contribution in [0.1, 0.15) is 10.4 Å². The molecule has 1 aliphatic rings. The van der Waals surface area contributed by atoms with Crippen molar-refractivity contribution in [2.75, 3.05) is 11.5 Å². The number of nitrogens with one attached hydrogen (secondary N) is 1. The Labute approximate surface area is 97.7 Å². The van der Waals surface area contributed by atoms with E-state index in [-0.39, 0.29) is 11.9 Å². The van der Waals surface area contributed by atoms with Gasteiger partial charge in [-0.15, -0.1) is 0 Å². The van der Waals surface area contributed by atoms with Crippen molar-refractivity contribution in [3.8, 4) is 0 Å². The fourth-order valence-corrected chi connectivity index (χ4v) is 2.63. The second-order valence-corrected chi connectivity index (χ2v) is 4.53. The van der Waals surface area contributed by atoms with Crippen molar-refractivity contribution in [2.24, 2.45) is 5.16 Å². The van der Waals surface area contributed by atoms with Crippen LogP contribution in [0.5, 0.6) is 0 Å². The van der Waals surface area contributed by atoms with Gasteiger partial charge in [-0.3, -0.25) is 4.79 Å². The number of benzene rings is 1.